The van der Waals surface area contributed by atoms with Crippen LogP contribution in [0, 0.1) is 29.6 Å². The molecule has 0 atom stereocenters. The fourth-order valence-corrected chi connectivity index (χ4v) is 4.37. The number of anilines is 1. The van der Waals surface area contributed by atoms with E-state index in [4.69, 9.17) is 15.2 Å². The van der Waals surface area contributed by atoms with Crippen LogP contribution in [0.2, 0.25) is 0 Å². The van der Waals surface area contributed by atoms with Crippen molar-refractivity contribution in [1.29, 1.82) is 10.5 Å². The van der Waals surface area contributed by atoms with Gasteiger partial charge < -0.3 is 15.2 Å². The summed E-state index contributed by atoms with van der Waals surface area (Å²) in [5, 5.41) is 22.9. The first-order valence-electron chi connectivity index (χ1n) is 8.97. The van der Waals surface area contributed by atoms with Crippen LogP contribution in [0.5, 0.6) is 5.75 Å². The number of ether oxygens (including phenoxy) is 2. The van der Waals surface area contributed by atoms with Crippen molar-refractivity contribution in [3.05, 3.63) is 51.5 Å². The van der Waals surface area contributed by atoms with Gasteiger partial charge in [0, 0.05) is 23.8 Å². The quantitative estimate of drug-likeness (QED) is 0.412. The first-order chi connectivity index (χ1) is 14.6. The number of methoxy groups -OCH3 is 1. The van der Waals surface area contributed by atoms with E-state index >= 15 is 0 Å². The maximum absolute atomic E-state index is 9.86. The van der Waals surface area contributed by atoms with Crippen LogP contribution < -0.4 is 10.5 Å². The third-order valence-corrected chi connectivity index (χ3v) is 5.97. The van der Waals surface area contributed by atoms with Crippen LogP contribution in [0.1, 0.15) is 21.8 Å². The average Bonchev–Trinajstić information content (AvgIpc) is 3.17. The molecule has 0 bridgehead atoms. The highest BCUT2D eigenvalue weighted by Crippen LogP contribution is 2.37. The van der Waals surface area contributed by atoms with E-state index in [0.29, 0.717) is 46.4 Å². The van der Waals surface area contributed by atoms with Gasteiger partial charge in [-0.25, -0.2) is 9.97 Å². The van der Waals surface area contributed by atoms with E-state index in [1.165, 1.54) is 11.8 Å². The van der Waals surface area contributed by atoms with E-state index in [1.54, 1.807) is 42.7 Å². The van der Waals surface area contributed by atoms with Gasteiger partial charge >= 0.3 is 0 Å². The Morgan fingerprint density at radius 1 is 1.10 bits per heavy atom. The van der Waals surface area contributed by atoms with Gasteiger partial charge in [-0.15, -0.1) is 11.3 Å². The van der Waals surface area contributed by atoms with E-state index in [1.807, 2.05) is 12.3 Å². The summed E-state index contributed by atoms with van der Waals surface area (Å²) in [5.74, 6) is 1.33. The van der Waals surface area contributed by atoms with Crippen LogP contribution in [0.3, 0.4) is 0 Å². The van der Waals surface area contributed by atoms with Crippen LogP contribution in [-0.4, -0.2) is 30.3 Å². The van der Waals surface area contributed by atoms with Crippen molar-refractivity contribution in [3.63, 3.8) is 0 Å². The Balaban J connectivity index is 1.97. The van der Waals surface area contributed by atoms with Crippen LogP contribution >= 0.6 is 23.1 Å². The van der Waals surface area contributed by atoms with Crippen molar-refractivity contribution in [2.45, 2.75) is 17.7 Å². The molecular weight excluding hydrogens is 418 g/mol. The Hall–Kier alpha value is -3.11. The van der Waals surface area contributed by atoms with Crippen molar-refractivity contribution < 1.29 is 9.47 Å². The smallest absolute Gasteiger partial charge is 0.143 e. The first kappa shape index (κ1) is 21.6. The number of nitrogen functional groups attached to an aromatic ring is 1. The summed E-state index contributed by atoms with van der Waals surface area (Å²) in [6, 6.07) is 11.5. The lowest BCUT2D eigenvalue weighted by Crippen LogP contribution is -2.05. The monoisotopic (exact) mass is 437 g/mol. The highest BCUT2D eigenvalue weighted by atomic mass is 32.2. The van der Waals surface area contributed by atoms with E-state index in [0.717, 1.165) is 10.7 Å². The summed E-state index contributed by atoms with van der Waals surface area (Å²) in [7, 11) is 1.61. The Bertz CT molecular complexity index is 1110. The second kappa shape index (κ2) is 10.1. The van der Waals surface area contributed by atoms with E-state index in [-0.39, 0.29) is 11.4 Å². The Kier molecular flexibility index (Phi) is 7.26. The summed E-state index contributed by atoms with van der Waals surface area (Å²) < 4.78 is 10.6. The third-order valence-electron chi connectivity index (χ3n) is 4.14. The van der Waals surface area contributed by atoms with Crippen LogP contribution in [0.25, 0.3) is 11.1 Å². The molecule has 0 aliphatic carbocycles. The lowest BCUT2D eigenvalue weighted by Gasteiger charge is -2.13. The van der Waals surface area contributed by atoms with Gasteiger partial charge in [0.1, 0.15) is 40.9 Å². The molecule has 0 fully saturated rings. The molecule has 0 saturated carbocycles. The highest BCUT2D eigenvalue weighted by Gasteiger charge is 2.21. The number of nitriles is 2. The Morgan fingerprint density at radius 2 is 1.83 bits per heavy atom. The summed E-state index contributed by atoms with van der Waals surface area (Å²) in [6.45, 7) is 2.86. The number of thiazole rings is 1. The molecule has 0 spiro atoms. The number of hydrogen-bond donors (Lipinski definition) is 1. The van der Waals surface area contributed by atoms with E-state index in [2.05, 4.69) is 22.1 Å². The molecular formula is C21H19N5O2S2. The molecule has 2 N–H and O–H groups in total. The van der Waals surface area contributed by atoms with Gasteiger partial charge in [-0.1, -0.05) is 23.9 Å². The largest absolute Gasteiger partial charge is 0.491 e. The SMILES string of the molecule is COCCOc1ccc(-c2c(C#N)c(N)nc(SCc3csc(C)n3)c2C#N)cc1. The number of benzene rings is 1. The van der Waals surface area contributed by atoms with Gasteiger partial charge in [-0.3, -0.25) is 0 Å². The maximum Gasteiger partial charge on any atom is 0.143 e. The number of nitrogens with zero attached hydrogens (tertiary/aromatic N) is 4. The van der Waals surface area contributed by atoms with Crippen molar-refractivity contribution >= 4 is 28.9 Å². The molecule has 9 heteroatoms. The maximum atomic E-state index is 9.86. The molecule has 2 aromatic heterocycles. The number of pyridine rings is 1. The van der Waals surface area contributed by atoms with Crippen LogP contribution in [0.15, 0.2) is 34.7 Å². The number of thioether (sulfide) groups is 1. The summed E-state index contributed by atoms with van der Waals surface area (Å²) >= 11 is 2.95. The van der Waals surface area contributed by atoms with Gasteiger partial charge in [-0.2, -0.15) is 10.5 Å². The lowest BCUT2D eigenvalue weighted by molar-refractivity contribution is 0.146. The molecule has 30 heavy (non-hydrogen) atoms. The lowest BCUT2D eigenvalue weighted by atomic mass is 9.97. The molecule has 3 rings (SSSR count). The van der Waals surface area contributed by atoms with E-state index in [9.17, 15) is 10.5 Å². The standard InChI is InChI=1S/C21H19N5O2S2/c1-13-25-15(11-29-13)12-30-21-18(10-23)19(17(9-22)20(24)26-21)14-3-5-16(6-4-14)28-8-7-27-2/h3-6,11H,7-8,12H2,1-2H3,(H2,24,26). The van der Waals surface area contributed by atoms with Gasteiger partial charge in [0.2, 0.25) is 0 Å². The van der Waals surface area contributed by atoms with Crippen molar-refractivity contribution in [3.8, 4) is 29.0 Å². The van der Waals surface area contributed by atoms with Crippen molar-refractivity contribution in [2.24, 2.45) is 0 Å². The zero-order chi connectivity index (χ0) is 21.5. The number of hydrogen-bond acceptors (Lipinski definition) is 9. The minimum Gasteiger partial charge on any atom is -0.491 e. The molecule has 0 amide bonds. The Morgan fingerprint density at radius 3 is 2.43 bits per heavy atom. The fourth-order valence-electron chi connectivity index (χ4n) is 2.77. The molecule has 0 radical (unpaired) electrons. The minimum atomic E-state index is 0.101. The highest BCUT2D eigenvalue weighted by molar-refractivity contribution is 7.98. The zero-order valence-corrected chi connectivity index (χ0v) is 18.1. The number of nitrogens with two attached hydrogens (primary N) is 1. The number of aromatic nitrogens is 2. The molecule has 3 aromatic rings. The summed E-state index contributed by atoms with van der Waals surface area (Å²) in [6.07, 6.45) is 0. The average molecular weight is 438 g/mol. The van der Waals surface area contributed by atoms with Crippen LogP contribution in [0.4, 0.5) is 5.82 Å². The fraction of sp³-hybridized carbons (Fsp3) is 0.238. The topological polar surface area (TPSA) is 118 Å². The molecule has 0 saturated heterocycles. The molecule has 2 heterocycles. The van der Waals surface area contributed by atoms with Gasteiger partial charge in [-0.05, 0) is 24.6 Å². The molecule has 0 aliphatic rings. The third kappa shape index (κ3) is 4.89. The van der Waals surface area contributed by atoms with Gasteiger partial charge in [0.15, 0.2) is 0 Å². The van der Waals surface area contributed by atoms with E-state index < -0.39 is 0 Å². The molecule has 7 nitrogen and oxygen atoms in total. The summed E-state index contributed by atoms with van der Waals surface area (Å²) in [4.78, 5) is 8.76. The van der Waals surface area contributed by atoms with Gasteiger partial charge in [0.05, 0.1) is 22.9 Å². The number of rotatable bonds is 8. The molecule has 0 unspecified atom stereocenters. The zero-order valence-electron chi connectivity index (χ0n) is 16.5. The Labute approximate surface area is 183 Å². The first-order valence-corrected chi connectivity index (χ1v) is 10.8. The van der Waals surface area contributed by atoms with Crippen molar-refractivity contribution in [2.75, 3.05) is 26.1 Å². The van der Waals surface area contributed by atoms with Crippen molar-refractivity contribution in [1.82, 2.24) is 9.97 Å². The predicted octanol–water partition coefficient (Wildman–Crippen LogP) is 4.16. The van der Waals surface area contributed by atoms with Gasteiger partial charge in [0.25, 0.3) is 0 Å². The minimum absolute atomic E-state index is 0.101. The number of aryl methyl sites for hydroxylation is 1. The van der Waals surface area contributed by atoms with Crippen LogP contribution in [-0.2, 0) is 10.5 Å². The molecule has 0 aliphatic heterocycles. The molecule has 1 aromatic carbocycles. The predicted molar refractivity (Wildman–Crippen MR) is 117 cm³/mol. The summed E-state index contributed by atoms with van der Waals surface area (Å²) in [5.41, 5.74) is 8.67. The second-order valence-corrected chi connectivity index (χ2v) is 8.19. The molecule has 152 valence electrons. The second-order valence-electron chi connectivity index (χ2n) is 6.16. The normalized spacial score (nSPS) is 10.4.